The Morgan fingerprint density at radius 3 is 2.57 bits per heavy atom. The summed E-state index contributed by atoms with van der Waals surface area (Å²) in [4.78, 5) is 4.73. The van der Waals surface area contributed by atoms with Crippen LogP contribution in [0.15, 0.2) is 44.9 Å². The number of nitrogens with one attached hydrogen (secondary N) is 3. The van der Waals surface area contributed by atoms with Gasteiger partial charge in [0.25, 0.3) is 0 Å². The minimum absolute atomic E-state index is 0. The van der Waals surface area contributed by atoms with E-state index in [1.807, 2.05) is 36.7 Å². The van der Waals surface area contributed by atoms with E-state index >= 15 is 0 Å². The lowest BCUT2D eigenvalue weighted by Crippen LogP contribution is -2.42. The highest BCUT2D eigenvalue weighted by atomic mass is 127. The van der Waals surface area contributed by atoms with E-state index in [0.717, 1.165) is 11.1 Å². The van der Waals surface area contributed by atoms with Crippen molar-refractivity contribution in [1.29, 1.82) is 0 Å². The molecule has 2 aromatic rings. The molecule has 0 aliphatic rings. The average molecular weight is 567 g/mol. The normalized spacial score (nSPS) is 14.0. The van der Waals surface area contributed by atoms with Crippen LogP contribution in [0.4, 0.5) is 0 Å². The van der Waals surface area contributed by atoms with Crippen LogP contribution in [0.2, 0.25) is 0 Å². The van der Waals surface area contributed by atoms with Crippen LogP contribution >= 0.6 is 35.3 Å². The third-order valence-electron chi connectivity index (χ3n) is 4.38. The molecule has 2 rings (SSSR count). The number of guanidine groups is 1. The summed E-state index contributed by atoms with van der Waals surface area (Å²) in [6.07, 6.45) is 0. The number of nitrogens with zero attached hydrogens (tertiary/aromatic N) is 1. The molecule has 0 saturated carbocycles. The van der Waals surface area contributed by atoms with Gasteiger partial charge in [0.05, 0.1) is 11.4 Å². The fraction of sp³-hybridized carbons (Fsp3) is 0.450. The summed E-state index contributed by atoms with van der Waals surface area (Å²) in [5.74, 6) is 0.522. The lowest BCUT2D eigenvalue weighted by molar-refractivity contribution is 0.0677. The van der Waals surface area contributed by atoms with Crippen molar-refractivity contribution in [1.82, 2.24) is 15.4 Å². The summed E-state index contributed by atoms with van der Waals surface area (Å²) in [5, 5.41) is 20.6. The zero-order chi connectivity index (χ0) is 21.5. The zero-order valence-electron chi connectivity index (χ0n) is 17.7. The lowest BCUT2D eigenvalue weighted by Gasteiger charge is -2.21. The molecule has 1 aromatic carbocycles. The summed E-state index contributed by atoms with van der Waals surface area (Å²) < 4.78 is 27.7. The number of aliphatic hydroxyl groups is 1. The van der Waals surface area contributed by atoms with Crippen LogP contribution in [0.3, 0.4) is 0 Å². The number of aliphatic imine (C=N–C) groups is 1. The maximum absolute atomic E-state index is 12.5. The van der Waals surface area contributed by atoms with Crippen LogP contribution < -0.4 is 15.4 Å². The van der Waals surface area contributed by atoms with E-state index in [0.29, 0.717) is 29.5 Å². The van der Waals surface area contributed by atoms with E-state index in [4.69, 9.17) is 0 Å². The summed E-state index contributed by atoms with van der Waals surface area (Å²) >= 11 is 1.53. The van der Waals surface area contributed by atoms with E-state index in [1.54, 1.807) is 26.0 Å². The van der Waals surface area contributed by atoms with Gasteiger partial charge < -0.3 is 15.7 Å². The Labute approximate surface area is 200 Å². The molecular formula is C20H31IN4O3S2. The van der Waals surface area contributed by atoms with Crippen LogP contribution in [-0.2, 0) is 15.6 Å². The van der Waals surface area contributed by atoms with Crippen LogP contribution in [0.1, 0.15) is 30.5 Å². The van der Waals surface area contributed by atoms with Gasteiger partial charge in [-0.25, -0.2) is 18.1 Å². The number of halogens is 1. The Balaban J connectivity index is 0.00000450. The van der Waals surface area contributed by atoms with E-state index in [-0.39, 0.29) is 37.1 Å². The van der Waals surface area contributed by atoms with Crippen molar-refractivity contribution >= 4 is 51.3 Å². The molecule has 1 heterocycles. The molecular weight excluding hydrogens is 535 g/mol. The Bertz CT molecular complexity index is 930. The fourth-order valence-corrected chi connectivity index (χ4v) is 4.82. The molecule has 7 nitrogen and oxygen atoms in total. The SMILES string of the molecule is CCNC(=NCC(C)(O)c1ccsc1)NCCNS(=O)(=O)c1cc(C)ccc1C.I. The van der Waals surface area contributed by atoms with Gasteiger partial charge in [0.15, 0.2) is 5.96 Å². The Hall–Kier alpha value is -1.21. The van der Waals surface area contributed by atoms with Crippen molar-refractivity contribution in [2.75, 3.05) is 26.2 Å². The lowest BCUT2D eigenvalue weighted by atomic mass is 10.00. The van der Waals surface area contributed by atoms with Crippen molar-refractivity contribution in [3.63, 3.8) is 0 Å². The first-order chi connectivity index (χ1) is 13.7. The molecule has 0 radical (unpaired) electrons. The largest absolute Gasteiger partial charge is 0.383 e. The molecule has 1 atom stereocenters. The molecule has 0 aliphatic heterocycles. The molecule has 0 amide bonds. The number of aryl methyl sites for hydroxylation is 2. The summed E-state index contributed by atoms with van der Waals surface area (Å²) in [6, 6.07) is 7.24. The van der Waals surface area contributed by atoms with Gasteiger partial charge >= 0.3 is 0 Å². The summed E-state index contributed by atoms with van der Waals surface area (Å²) in [5.41, 5.74) is 1.37. The number of hydrogen-bond acceptors (Lipinski definition) is 5. The van der Waals surface area contributed by atoms with Crippen LogP contribution in [0.25, 0.3) is 0 Å². The first-order valence-electron chi connectivity index (χ1n) is 9.50. The van der Waals surface area contributed by atoms with Gasteiger partial charge in [0.2, 0.25) is 10.0 Å². The van der Waals surface area contributed by atoms with Gasteiger partial charge in [-0.15, -0.1) is 24.0 Å². The van der Waals surface area contributed by atoms with Gasteiger partial charge in [0, 0.05) is 19.6 Å². The quantitative estimate of drug-likeness (QED) is 0.162. The van der Waals surface area contributed by atoms with Crippen LogP contribution in [0, 0.1) is 13.8 Å². The maximum atomic E-state index is 12.5. The molecule has 0 bridgehead atoms. The number of rotatable bonds is 9. The first-order valence-corrected chi connectivity index (χ1v) is 11.9. The molecule has 0 aliphatic carbocycles. The number of thiophene rings is 1. The monoisotopic (exact) mass is 566 g/mol. The fourth-order valence-electron chi connectivity index (χ4n) is 2.68. The van der Waals surface area contributed by atoms with E-state index in [1.165, 1.54) is 11.3 Å². The van der Waals surface area contributed by atoms with Crippen molar-refractivity contribution in [3.05, 3.63) is 51.7 Å². The molecule has 1 aromatic heterocycles. The average Bonchev–Trinajstić information content (AvgIpc) is 3.21. The Morgan fingerprint density at radius 1 is 1.20 bits per heavy atom. The van der Waals surface area contributed by atoms with Crippen molar-refractivity contribution in [2.24, 2.45) is 4.99 Å². The molecule has 10 heteroatoms. The molecule has 0 spiro atoms. The molecule has 4 N–H and O–H groups in total. The molecule has 1 unspecified atom stereocenters. The second kappa shape index (κ2) is 12.0. The first kappa shape index (κ1) is 26.8. The third kappa shape index (κ3) is 7.80. The number of hydrogen-bond donors (Lipinski definition) is 4. The molecule has 30 heavy (non-hydrogen) atoms. The zero-order valence-corrected chi connectivity index (χ0v) is 21.7. The Morgan fingerprint density at radius 2 is 1.93 bits per heavy atom. The molecule has 0 fully saturated rings. The highest BCUT2D eigenvalue weighted by Crippen LogP contribution is 2.23. The van der Waals surface area contributed by atoms with E-state index in [9.17, 15) is 13.5 Å². The van der Waals surface area contributed by atoms with Crippen molar-refractivity contribution in [2.45, 2.75) is 38.2 Å². The second-order valence-electron chi connectivity index (χ2n) is 7.07. The molecule has 168 valence electrons. The maximum Gasteiger partial charge on any atom is 0.240 e. The van der Waals surface area contributed by atoms with E-state index in [2.05, 4.69) is 20.3 Å². The van der Waals surface area contributed by atoms with Gasteiger partial charge in [0.1, 0.15) is 5.60 Å². The smallest absolute Gasteiger partial charge is 0.240 e. The topological polar surface area (TPSA) is 103 Å². The van der Waals surface area contributed by atoms with Crippen LogP contribution in [0.5, 0.6) is 0 Å². The second-order valence-corrected chi connectivity index (χ2v) is 9.59. The highest BCUT2D eigenvalue weighted by Gasteiger charge is 2.23. The van der Waals surface area contributed by atoms with Gasteiger partial charge in [-0.1, -0.05) is 12.1 Å². The van der Waals surface area contributed by atoms with Gasteiger partial charge in [-0.3, -0.25) is 0 Å². The van der Waals surface area contributed by atoms with Gasteiger partial charge in [-0.2, -0.15) is 11.3 Å². The highest BCUT2D eigenvalue weighted by molar-refractivity contribution is 14.0. The van der Waals surface area contributed by atoms with Crippen molar-refractivity contribution < 1.29 is 13.5 Å². The van der Waals surface area contributed by atoms with E-state index < -0.39 is 15.6 Å². The Kier molecular flexibility index (Phi) is 10.7. The summed E-state index contributed by atoms with van der Waals surface area (Å²) in [6.45, 7) is 8.72. The van der Waals surface area contributed by atoms with Crippen LogP contribution in [-0.4, -0.2) is 45.7 Å². The number of benzene rings is 1. The minimum atomic E-state index is -3.58. The minimum Gasteiger partial charge on any atom is -0.383 e. The predicted molar refractivity (Wildman–Crippen MR) is 134 cm³/mol. The number of sulfonamides is 1. The predicted octanol–water partition coefficient (Wildman–Crippen LogP) is 2.72. The summed E-state index contributed by atoms with van der Waals surface area (Å²) in [7, 11) is -3.58. The third-order valence-corrected chi connectivity index (χ3v) is 6.66. The van der Waals surface area contributed by atoms with Crippen molar-refractivity contribution in [3.8, 4) is 0 Å². The van der Waals surface area contributed by atoms with Gasteiger partial charge in [-0.05, 0) is 67.3 Å². The standard InChI is InChI=1S/C20H30N4O3S2.HI/c1-5-21-19(23-14-20(4,25)17-8-11-28-13-17)22-9-10-24-29(26,27)18-12-15(2)6-7-16(18)3;/h6-8,11-13,24-25H,5,9-10,14H2,1-4H3,(H2,21,22,23);1H. The molecule has 0 saturated heterocycles.